The van der Waals surface area contributed by atoms with Crippen molar-refractivity contribution in [1.29, 1.82) is 0 Å². The maximum Gasteiger partial charge on any atom is 0.150 e. The molecule has 3 aromatic carbocycles. The van der Waals surface area contributed by atoms with Crippen molar-refractivity contribution in [3.8, 4) is 17.2 Å². The van der Waals surface area contributed by atoms with Gasteiger partial charge in [0, 0.05) is 12.1 Å². The minimum atomic E-state index is 0.634. The number of carbonyl (C=O) groups excluding carboxylic acids is 1. The first-order chi connectivity index (χ1) is 18.2. The van der Waals surface area contributed by atoms with Gasteiger partial charge in [-0.25, -0.2) is 0 Å². The number of benzene rings is 3. The minimum absolute atomic E-state index is 0.634. The summed E-state index contributed by atoms with van der Waals surface area (Å²) in [6.07, 6.45) is 6.55. The standard InChI is InChI=1S/C32H35NO4/c1-35-26-8-6-7-23(19-26)29-13-10-24-20-27(36-2)12-14-30(24)32(29)31-21-28(11-9-25(31)22-34)37-18-17-33-15-4-3-5-16-33/h6-9,11-12,14,19-22H,3-5,10,13,15-18H2,1-2H3. The lowest BCUT2D eigenvalue weighted by molar-refractivity contribution is 0.112. The highest BCUT2D eigenvalue weighted by molar-refractivity contribution is 6.04. The highest BCUT2D eigenvalue weighted by Crippen LogP contribution is 2.43. The molecule has 0 unspecified atom stereocenters. The normalized spacial score (nSPS) is 15.7. The Bertz CT molecular complexity index is 1290. The van der Waals surface area contributed by atoms with Crippen LogP contribution in [0.3, 0.4) is 0 Å². The van der Waals surface area contributed by atoms with Gasteiger partial charge < -0.3 is 14.2 Å². The molecular formula is C32H35NO4. The van der Waals surface area contributed by atoms with Gasteiger partial charge >= 0.3 is 0 Å². The Morgan fingerprint density at radius 3 is 2.38 bits per heavy atom. The maximum absolute atomic E-state index is 12.2. The van der Waals surface area contributed by atoms with E-state index in [9.17, 15) is 4.79 Å². The van der Waals surface area contributed by atoms with Gasteiger partial charge in [0.1, 0.15) is 23.9 Å². The molecule has 0 radical (unpaired) electrons. The van der Waals surface area contributed by atoms with Gasteiger partial charge in [0.05, 0.1) is 14.2 Å². The Hall–Kier alpha value is -3.57. The van der Waals surface area contributed by atoms with Crippen LogP contribution in [0.15, 0.2) is 60.7 Å². The minimum Gasteiger partial charge on any atom is -0.497 e. The molecule has 0 aromatic heterocycles. The van der Waals surface area contributed by atoms with Gasteiger partial charge in [-0.2, -0.15) is 0 Å². The summed E-state index contributed by atoms with van der Waals surface area (Å²) in [7, 11) is 3.38. The number of aldehydes is 1. The van der Waals surface area contributed by atoms with Crippen molar-refractivity contribution in [3.05, 3.63) is 88.5 Å². The van der Waals surface area contributed by atoms with Crippen LogP contribution in [0.2, 0.25) is 0 Å². The molecule has 1 aliphatic carbocycles. The number of methoxy groups -OCH3 is 2. The van der Waals surface area contributed by atoms with Crippen molar-refractivity contribution in [2.24, 2.45) is 0 Å². The number of piperidine rings is 1. The van der Waals surface area contributed by atoms with Crippen LogP contribution in [0.4, 0.5) is 0 Å². The second-order valence-electron chi connectivity index (χ2n) is 9.73. The summed E-state index contributed by atoms with van der Waals surface area (Å²) in [5.41, 5.74) is 7.26. The lowest BCUT2D eigenvalue weighted by atomic mass is 9.78. The number of aryl methyl sites for hydroxylation is 1. The van der Waals surface area contributed by atoms with E-state index in [0.717, 1.165) is 78.3 Å². The van der Waals surface area contributed by atoms with Crippen LogP contribution < -0.4 is 14.2 Å². The average Bonchev–Trinajstić information content (AvgIpc) is 2.96. The van der Waals surface area contributed by atoms with Crippen molar-refractivity contribution >= 4 is 17.4 Å². The molecule has 192 valence electrons. The predicted octanol–water partition coefficient (Wildman–Crippen LogP) is 6.29. The van der Waals surface area contributed by atoms with Crippen LogP contribution in [-0.4, -0.2) is 51.6 Å². The van der Waals surface area contributed by atoms with Gasteiger partial charge in [-0.15, -0.1) is 0 Å². The molecule has 0 amide bonds. The van der Waals surface area contributed by atoms with Crippen molar-refractivity contribution in [3.63, 3.8) is 0 Å². The van der Waals surface area contributed by atoms with Gasteiger partial charge in [-0.05, 0) is 115 Å². The topological polar surface area (TPSA) is 48.0 Å². The van der Waals surface area contributed by atoms with E-state index in [1.165, 1.54) is 30.4 Å². The molecule has 0 saturated carbocycles. The third-order valence-electron chi connectivity index (χ3n) is 7.49. The van der Waals surface area contributed by atoms with Crippen molar-refractivity contribution < 1.29 is 19.0 Å². The second kappa shape index (κ2) is 11.7. The largest absolute Gasteiger partial charge is 0.497 e. The van der Waals surface area contributed by atoms with Crippen molar-refractivity contribution in [2.45, 2.75) is 32.1 Å². The molecule has 5 rings (SSSR count). The van der Waals surface area contributed by atoms with Crippen molar-refractivity contribution in [1.82, 2.24) is 4.90 Å². The van der Waals surface area contributed by atoms with Crippen molar-refractivity contribution in [2.75, 3.05) is 40.5 Å². The first-order valence-electron chi connectivity index (χ1n) is 13.2. The quantitative estimate of drug-likeness (QED) is 0.325. The molecule has 37 heavy (non-hydrogen) atoms. The number of ether oxygens (including phenoxy) is 3. The summed E-state index contributed by atoms with van der Waals surface area (Å²) >= 11 is 0. The molecule has 2 aliphatic rings. The zero-order valence-electron chi connectivity index (χ0n) is 21.8. The second-order valence-corrected chi connectivity index (χ2v) is 9.73. The number of hydrogen-bond donors (Lipinski definition) is 0. The number of carbonyl (C=O) groups is 1. The summed E-state index contributed by atoms with van der Waals surface area (Å²) in [4.78, 5) is 14.7. The third-order valence-corrected chi connectivity index (χ3v) is 7.49. The zero-order valence-corrected chi connectivity index (χ0v) is 21.8. The summed E-state index contributed by atoms with van der Waals surface area (Å²) in [6, 6.07) is 20.2. The smallest absolute Gasteiger partial charge is 0.150 e. The molecule has 0 spiro atoms. The number of rotatable bonds is 9. The number of hydrogen-bond acceptors (Lipinski definition) is 5. The zero-order chi connectivity index (χ0) is 25.6. The summed E-state index contributed by atoms with van der Waals surface area (Å²) in [6.45, 7) is 3.85. The first-order valence-corrected chi connectivity index (χ1v) is 13.2. The van der Waals surface area contributed by atoms with Crippen LogP contribution >= 0.6 is 0 Å². The van der Waals surface area contributed by atoms with E-state index in [-0.39, 0.29) is 0 Å². The van der Waals surface area contributed by atoms with Crippen LogP contribution in [0.5, 0.6) is 17.2 Å². The molecular weight excluding hydrogens is 462 g/mol. The number of nitrogens with zero attached hydrogens (tertiary/aromatic N) is 1. The fourth-order valence-electron chi connectivity index (χ4n) is 5.52. The monoisotopic (exact) mass is 497 g/mol. The average molecular weight is 498 g/mol. The fraction of sp³-hybridized carbons (Fsp3) is 0.344. The van der Waals surface area contributed by atoms with Crippen LogP contribution in [0, 0.1) is 0 Å². The molecule has 0 bridgehead atoms. The Morgan fingerprint density at radius 2 is 1.59 bits per heavy atom. The van der Waals surface area contributed by atoms with Gasteiger partial charge in [-0.1, -0.05) is 24.6 Å². The lowest BCUT2D eigenvalue weighted by Gasteiger charge is -2.27. The van der Waals surface area contributed by atoms with Crippen LogP contribution in [-0.2, 0) is 6.42 Å². The molecule has 1 fully saturated rings. The summed E-state index contributed by atoms with van der Waals surface area (Å²) in [5.74, 6) is 2.44. The molecule has 0 atom stereocenters. The van der Waals surface area contributed by atoms with E-state index in [2.05, 4.69) is 29.2 Å². The van der Waals surface area contributed by atoms with Crippen LogP contribution in [0.1, 0.15) is 58.3 Å². The van der Waals surface area contributed by atoms with E-state index in [4.69, 9.17) is 14.2 Å². The first kappa shape index (κ1) is 25.1. The van der Waals surface area contributed by atoms with E-state index in [1.54, 1.807) is 14.2 Å². The number of likely N-dealkylation sites (tertiary alicyclic amines) is 1. The Labute approximate surface area is 219 Å². The van der Waals surface area contributed by atoms with Gasteiger partial charge in [0.15, 0.2) is 6.29 Å². The Balaban J connectivity index is 1.57. The molecule has 1 aliphatic heterocycles. The van der Waals surface area contributed by atoms with E-state index < -0.39 is 0 Å². The van der Waals surface area contributed by atoms with E-state index >= 15 is 0 Å². The lowest BCUT2D eigenvalue weighted by Crippen LogP contribution is -2.33. The maximum atomic E-state index is 12.2. The number of allylic oxidation sites excluding steroid dienone is 1. The highest BCUT2D eigenvalue weighted by Gasteiger charge is 2.24. The molecule has 5 heteroatoms. The van der Waals surface area contributed by atoms with Crippen LogP contribution in [0.25, 0.3) is 11.1 Å². The fourth-order valence-corrected chi connectivity index (χ4v) is 5.52. The number of fused-ring (bicyclic) bond motifs is 1. The van der Waals surface area contributed by atoms with E-state index in [0.29, 0.717) is 12.2 Å². The molecule has 5 nitrogen and oxygen atoms in total. The summed E-state index contributed by atoms with van der Waals surface area (Å²) < 4.78 is 17.3. The Kier molecular flexibility index (Phi) is 7.90. The van der Waals surface area contributed by atoms with Gasteiger partial charge in [0.2, 0.25) is 0 Å². The predicted molar refractivity (Wildman–Crippen MR) is 148 cm³/mol. The van der Waals surface area contributed by atoms with Gasteiger partial charge in [-0.3, -0.25) is 9.69 Å². The molecule has 1 saturated heterocycles. The molecule has 0 N–H and O–H groups in total. The van der Waals surface area contributed by atoms with Gasteiger partial charge in [0.25, 0.3) is 0 Å². The summed E-state index contributed by atoms with van der Waals surface area (Å²) in [5, 5.41) is 0. The molecule has 1 heterocycles. The SMILES string of the molecule is COc1cccc(C2=C(c3cc(OCCN4CCCCC4)ccc3C=O)c3ccc(OC)cc3CC2)c1. The highest BCUT2D eigenvalue weighted by atomic mass is 16.5. The Morgan fingerprint density at radius 1 is 0.811 bits per heavy atom. The van der Waals surface area contributed by atoms with E-state index in [1.807, 2.05) is 36.4 Å². The third kappa shape index (κ3) is 5.57. The molecule has 3 aromatic rings.